The molecule has 0 fully saturated rings. The topological polar surface area (TPSA) is 65.2 Å². The summed E-state index contributed by atoms with van der Waals surface area (Å²) >= 11 is 0. The summed E-state index contributed by atoms with van der Waals surface area (Å²) in [7, 11) is 0. The minimum absolute atomic E-state index is 0. The molecule has 0 rings (SSSR count). The monoisotopic (exact) mass is 390 g/mol. The average molecular weight is 391 g/mol. The Bertz CT molecular complexity index is 461. The molecule has 0 heterocycles. The van der Waals surface area contributed by atoms with Crippen LogP contribution in [0.15, 0.2) is 33.7 Å². The Morgan fingerprint density at radius 2 is 1.04 bits per heavy atom. The first kappa shape index (κ1) is 23.8. The molecule has 0 unspecified atom stereocenters. The molecule has 0 aromatic rings. The summed E-state index contributed by atoms with van der Waals surface area (Å²) in [6.07, 6.45) is -8.89. The smallest absolute Gasteiger partial charge is 0.448 e. The summed E-state index contributed by atoms with van der Waals surface area (Å²) in [6.45, 7) is 2.25. The van der Waals surface area contributed by atoms with Crippen LogP contribution in [0.5, 0.6) is 0 Å². The fourth-order valence-electron chi connectivity index (χ4n) is 1.10. The zero-order chi connectivity index (χ0) is 17.6. The molecule has 0 atom stereocenters. The molecular weight excluding hydrogens is 377 g/mol. The van der Waals surface area contributed by atoms with Crippen molar-refractivity contribution in [3.63, 3.8) is 0 Å². The quantitative estimate of drug-likeness (QED) is 0.246. The second kappa shape index (κ2) is 9.59. The standard InChI is InChI=1S/C12H14F6N2O2.Ni/c1-7(5-9(21)11(13,14)15)19-3-4-20-8(2)6-10(22)12(16,17)18;/h5-6,21-22H,3-4H2,1-2H3;/b9-5-,10-6-,19-7?,20-8?;. The maximum Gasteiger partial charge on any atom is 0.448 e. The van der Waals surface area contributed by atoms with E-state index in [-0.39, 0.29) is 41.0 Å². The van der Waals surface area contributed by atoms with E-state index >= 15 is 0 Å². The first-order valence-corrected chi connectivity index (χ1v) is 5.82. The Hall–Kier alpha value is -1.51. The van der Waals surface area contributed by atoms with Crippen molar-refractivity contribution in [3.8, 4) is 0 Å². The Balaban J connectivity index is 0. The van der Waals surface area contributed by atoms with Gasteiger partial charge >= 0.3 is 12.4 Å². The average Bonchev–Trinajstić information content (AvgIpc) is 2.32. The second-order valence-corrected chi connectivity index (χ2v) is 4.10. The molecule has 2 N–H and O–H groups in total. The number of aliphatic hydroxyl groups is 2. The second-order valence-electron chi connectivity index (χ2n) is 4.10. The molecule has 0 spiro atoms. The van der Waals surface area contributed by atoms with Gasteiger partial charge in [0.25, 0.3) is 0 Å². The third kappa shape index (κ3) is 10.8. The molecule has 0 aromatic carbocycles. The van der Waals surface area contributed by atoms with Crippen molar-refractivity contribution in [1.29, 1.82) is 0 Å². The zero-order valence-corrected chi connectivity index (χ0v) is 12.9. The fraction of sp³-hybridized carbons (Fsp3) is 0.500. The molecule has 11 heteroatoms. The summed E-state index contributed by atoms with van der Waals surface area (Å²) in [5.74, 6) is -3.60. The molecule has 0 aliphatic rings. The summed E-state index contributed by atoms with van der Waals surface area (Å²) in [4.78, 5) is 7.29. The van der Waals surface area contributed by atoms with Gasteiger partial charge in [-0.15, -0.1) is 0 Å². The van der Waals surface area contributed by atoms with Gasteiger partial charge in [0, 0.05) is 40.1 Å². The van der Waals surface area contributed by atoms with Crippen LogP contribution < -0.4 is 0 Å². The minimum atomic E-state index is -4.87. The molecule has 0 aliphatic carbocycles. The van der Waals surface area contributed by atoms with Crippen LogP contribution >= 0.6 is 0 Å². The van der Waals surface area contributed by atoms with Gasteiger partial charge < -0.3 is 10.2 Å². The number of hydrogen-bond acceptors (Lipinski definition) is 4. The molecule has 23 heavy (non-hydrogen) atoms. The number of nitrogens with zero attached hydrogens (tertiary/aromatic N) is 2. The molecule has 4 nitrogen and oxygen atoms in total. The molecule has 0 amide bonds. The molecule has 0 saturated heterocycles. The normalized spacial score (nSPS) is 15.5. The summed E-state index contributed by atoms with van der Waals surface area (Å²) < 4.78 is 72.0. The largest absolute Gasteiger partial charge is 0.504 e. The van der Waals surface area contributed by atoms with Crippen LogP contribution in [0.2, 0.25) is 0 Å². The Labute approximate surface area is 138 Å². The van der Waals surface area contributed by atoms with Crippen molar-refractivity contribution in [2.75, 3.05) is 13.1 Å². The van der Waals surface area contributed by atoms with Gasteiger partial charge in [0.1, 0.15) is 0 Å². The van der Waals surface area contributed by atoms with Gasteiger partial charge in [0.2, 0.25) is 0 Å². The van der Waals surface area contributed by atoms with E-state index in [4.69, 9.17) is 10.2 Å². The summed E-state index contributed by atoms with van der Waals surface area (Å²) in [5, 5.41) is 17.3. The minimum Gasteiger partial charge on any atom is -0.504 e. The number of aliphatic hydroxyl groups excluding tert-OH is 2. The molecular formula is C12H14F6N2NiO2. The Kier molecular flexibility index (Phi) is 9.91. The van der Waals surface area contributed by atoms with Crippen molar-refractivity contribution in [3.05, 3.63) is 23.7 Å². The fourth-order valence-corrected chi connectivity index (χ4v) is 1.10. The predicted molar refractivity (Wildman–Crippen MR) is 69.5 cm³/mol. The van der Waals surface area contributed by atoms with Crippen molar-refractivity contribution in [1.82, 2.24) is 0 Å². The number of aliphatic imine (C=N–C) groups is 2. The van der Waals surface area contributed by atoms with E-state index in [1.807, 2.05) is 0 Å². The van der Waals surface area contributed by atoms with Crippen LogP contribution in [0.25, 0.3) is 0 Å². The van der Waals surface area contributed by atoms with Gasteiger partial charge in [-0.25, -0.2) is 0 Å². The van der Waals surface area contributed by atoms with E-state index in [2.05, 4.69) is 9.98 Å². The van der Waals surface area contributed by atoms with Crippen LogP contribution in [0.4, 0.5) is 26.3 Å². The molecule has 0 saturated carbocycles. The van der Waals surface area contributed by atoms with Crippen LogP contribution in [0.1, 0.15) is 13.8 Å². The van der Waals surface area contributed by atoms with E-state index in [0.717, 1.165) is 0 Å². The SMILES string of the molecule is CC(/C=C(\O)C(F)(F)F)=NCCN=C(C)/C=C(\O)C(F)(F)F.[Ni]. The number of allylic oxidation sites excluding steroid dienone is 4. The van der Waals surface area contributed by atoms with Crippen LogP contribution in [-0.2, 0) is 16.5 Å². The van der Waals surface area contributed by atoms with Crippen LogP contribution in [-0.4, -0.2) is 47.1 Å². The number of halogens is 6. The number of hydrogen-bond donors (Lipinski definition) is 2. The Morgan fingerprint density at radius 3 is 1.26 bits per heavy atom. The molecule has 0 bridgehead atoms. The maximum atomic E-state index is 12.0. The van der Waals surface area contributed by atoms with E-state index in [1.165, 1.54) is 13.8 Å². The molecule has 136 valence electrons. The van der Waals surface area contributed by atoms with E-state index in [9.17, 15) is 26.3 Å². The Morgan fingerprint density at radius 1 is 0.783 bits per heavy atom. The van der Waals surface area contributed by atoms with Gasteiger partial charge in [-0.2, -0.15) is 26.3 Å². The van der Waals surface area contributed by atoms with Gasteiger partial charge in [-0.3, -0.25) is 9.98 Å². The third-order valence-corrected chi connectivity index (χ3v) is 2.09. The molecule has 0 aromatic heterocycles. The van der Waals surface area contributed by atoms with Gasteiger partial charge in [-0.1, -0.05) is 0 Å². The third-order valence-electron chi connectivity index (χ3n) is 2.09. The predicted octanol–water partition coefficient (Wildman–Crippen LogP) is 3.91. The van der Waals surface area contributed by atoms with Gasteiger partial charge in [0.15, 0.2) is 11.5 Å². The van der Waals surface area contributed by atoms with Crippen molar-refractivity contribution >= 4 is 11.4 Å². The summed E-state index contributed by atoms with van der Waals surface area (Å²) in [6, 6.07) is 0. The van der Waals surface area contributed by atoms with Crippen molar-refractivity contribution in [2.24, 2.45) is 9.98 Å². The van der Waals surface area contributed by atoms with Crippen molar-refractivity contribution in [2.45, 2.75) is 26.2 Å². The first-order valence-electron chi connectivity index (χ1n) is 5.82. The molecule has 0 aliphatic heterocycles. The van der Waals surface area contributed by atoms with E-state index in [0.29, 0.717) is 12.2 Å². The van der Waals surface area contributed by atoms with Crippen LogP contribution in [0, 0.1) is 0 Å². The number of alkyl halides is 6. The molecule has 0 radical (unpaired) electrons. The van der Waals surface area contributed by atoms with E-state index < -0.39 is 23.9 Å². The number of rotatable bonds is 5. The zero-order valence-electron chi connectivity index (χ0n) is 11.9. The van der Waals surface area contributed by atoms with Gasteiger partial charge in [0.05, 0.1) is 13.1 Å². The maximum absolute atomic E-state index is 12.0. The summed E-state index contributed by atoms with van der Waals surface area (Å²) in [5.41, 5.74) is -0.229. The van der Waals surface area contributed by atoms with Gasteiger partial charge in [-0.05, 0) is 13.8 Å². The van der Waals surface area contributed by atoms with Crippen molar-refractivity contribution < 1.29 is 53.0 Å². The van der Waals surface area contributed by atoms with E-state index in [1.54, 1.807) is 0 Å². The van der Waals surface area contributed by atoms with Crippen LogP contribution in [0.3, 0.4) is 0 Å². The first-order chi connectivity index (χ1) is 9.84.